The van der Waals surface area contributed by atoms with E-state index in [1.54, 1.807) is 0 Å². The minimum Gasteiger partial charge on any atom is -0.454 e. The highest BCUT2D eigenvalue weighted by Gasteiger charge is 2.43. The van der Waals surface area contributed by atoms with Crippen molar-refractivity contribution in [3.8, 4) is 5.69 Å². The van der Waals surface area contributed by atoms with Gasteiger partial charge in [-0.15, -0.1) is 0 Å². The minimum atomic E-state index is 0.0266. The van der Waals surface area contributed by atoms with Crippen molar-refractivity contribution in [3.63, 3.8) is 0 Å². The van der Waals surface area contributed by atoms with E-state index in [2.05, 4.69) is 155 Å². The van der Waals surface area contributed by atoms with Crippen LogP contribution in [0.4, 0.5) is 17.1 Å². The molecule has 0 amide bonds. The lowest BCUT2D eigenvalue weighted by atomic mass is 9.33. The first-order valence-corrected chi connectivity index (χ1v) is 16.2. The van der Waals surface area contributed by atoms with Crippen molar-refractivity contribution in [2.24, 2.45) is 0 Å². The van der Waals surface area contributed by atoms with Crippen LogP contribution in [0.5, 0.6) is 0 Å². The Morgan fingerprint density at radius 1 is 0.600 bits per heavy atom. The Labute approximate surface area is 265 Å². The molecule has 2 aliphatic heterocycles. The van der Waals surface area contributed by atoms with Crippen LogP contribution in [0, 0.1) is 6.92 Å². The highest BCUT2D eigenvalue weighted by molar-refractivity contribution is 7.00. The summed E-state index contributed by atoms with van der Waals surface area (Å²) in [5.41, 5.74) is 17.4. The van der Waals surface area contributed by atoms with Crippen LogP contribution in [0.25, 0.3) is 38.7 Å². The number of aryl methyl sites for hydroxylation is 1. The number of anilines is 3. The van der Waals surface area contributed by atoms with Crippen molar-refractivity contribution in [1.82, 2.24) is 4.57 Å². The van der Waals surface area contributed by atoms with Gasteiger partial charge in [-0.2, -0.15) is 0 Å². The molecule has 0 unspecified atom stereocenters. The number of furan rings is 1. The number of rotatable bonds is 1. The summed E-state index contributed by atoms with van der Waals surface area (Å²) in [4.78, 5) is 2.54. The number of benzene rings is 5. The number of hydrogen-bond acceptors (Lipinski definition) is 2. The predicted octanol–water partition coefficient (Wildman–Crippen LogP) is 9.05. The Morgan fingerprint density at radius 3 is 2.11 bits per heavy atom. The van der Waals surface area contributed by atoms with E-state index in [0.717, 1.165) is 22.1 Å². The van der Waals surface area contributed by atoms with Crippen molar-refractivity contribution < 1.29 is 4.42 Å². The van der Waals surface area contributed by atoms with E-state index < -0.39 is 0 Å². The first kappa shape index (κ1) is 26.7. The maximum Gasteiger partial charge on any atom is 0.252 e. The Morgan fingerprint density at radius 2 is 1.31 bits per heavy atom. The summed E-state index contributed by atoms with van der Waals surface area (Å²) in [6, 6.07) is 36.4. The second kappa shape index (κ2) is 8.72. The van der Waals surface area contributed by atoms with Gasteiger partial charge in [-0.3, -0.25) is 0 Å². The zero-order chi connectivity index (χ0) is 31.0. The molecule has 0 spiro atoms. The topological polar surface area (TPSA) is 21.3 Å². The second-order valence-corrected chi connectivity index (χ2v) is 15.2. The predicted molar refractivity (Wildman–Crippen MR) is 192 cm³/mol. The van der Waals surface area contributed by atoms with Crippen LogP contribution in [-0.2, 0) is 10.8 Å². The molecule has 7 aromatic rings. The van der Waals surface area contributed by atoms with Crippen molar-refractivity contribution in [2.45, 2.75) is 59.3 Å². The molecular formula is C41H37BN2O. The molecule has 0 atom stereocenters. The van der Waals surface area contributed by atoms with Crippen LogP contribution in [0.2, 0.25) is 0 Å². The normalized spacial score (nSPS) is 14.0. The first-order chi connectivity index (χ1) is 21.5. The summed E-state index contributed by atoms with van der Waals surface area (Å²) >= 11 is 0. The van der Waals surface area contributed by atoms with Crippen LogP contribution >= 0.6 is 0 Å². The molecule has 5 aromatic carbocycles. The average molecular weight is 585 g/mol. The van der Waals surface area contributed by atoms with Gasteiger partial charge in [-0.1, -0.05) is 90.1 Å². The lowest BCUT2D eigenvalue weighted by molar-refractivity contribution is 0.590. The third-order valence-corrected chi connectivity index (χ3v) is 10.1. The zero-order valence-corrected chi connectivity index (χ0v) is 27.1. The highest BCUT2D eigenvalue weighted by Crippen LogP contribution is 2.45. The zero-order valence-electron chi connectivity index (χ0n) is 27.1. The van der Waals surface area contributed by atoms with Gasteiger partial charge >= 0.3 is 0 Å². The largest absolute Gasteiger partial charge is 0.454 e. The van der Waals surface area contributed by atoms with Gasteiger partial charge in [0.1, 0.15) is 11.1 Å². The molecule has 0 saturated carbocycles. The maximum atomic E-state index is 6.62. The number of hydrogen-bond donors (Lipinski definition) is 0. The fourth-order valence-electron chi connectivity index (χ4n) is 7.89. The Bertz CT molecular complexity index is 2380. The summed E-state index contributed by atoms with van der Waals surface area (Å²) in [6.45, 7) is 16.2. The fraction of sp³-hybridized carbons (Fsp3) is 0.220. The van der Waals surface area contributed by atoms with Gasteiger partial charge in [0.15, 0.2) is 5.58 Å². The molecule has 4 heteroatoms. The monoisotopic (exact) mass is 584 g/mol. The molecule has 2 aliphatic rings. The smallest absolute Gasteiger partial charge is 0.252 e. The molecule has 0 N–H and O–H groups in total. The lowest BCUT2D eigenvalue weighted by Crippen LogP contribution is -2.60. The van der Waals surface area contributed by atoms with Gasteiger partial charge in [0, 0.05) is 33.5 Å². The van der Waals surface area contributed by atoms with Crippen LogP contribution < -0.4 is 21.3 Å². The van der Waals surface area contributed by atoms with Crippen molar-refractivity contribution in [3.05, 3.63) is 114 Å². The lowest BCUT2D eigenvalue weighted by Gasteiger charge is -2.41. The molecule has 9 rings (SSSR count). The Hall–Kier alpha value is -4.70. The van der Waals surface area contributed by atoms with E-state index in [1.165, 1.54) is 66.7 Å². The molecule has 45 heavy (non-hydrogen) atoms. The molecule has 0 saturated heterocycles. The van der Waals surface area contributed by atoms with Gasteiger partial charge in [0.2, 0.25) is 0 Å². The summed E-state index contributed by atoms with van der Waals surface area (Å²) < 4.78 is 9.12. The number of aromatic nitrogens is 1. The molecule has 0 aliphatic carbocycles. The van der Waals surface area contributed by atoms with Crippen molar-refractivity contribution in [2.75, 3.05) is 4.90 Å². The standard InChI is InChI=1S/C41H37BN2O/c1-24-20-33-36-34(21-24)44-37-29(39-38(44)28-14-8-9-17-35(28)45-39)15-11-16-31(37)42(36)30-19-18-26(41(5,6)7)23-32(30)43(33)27-13-10-12-25(22-27)40(2,3)4/h8-23H,1-7H3. The van der Waals surface area contributed by atoms with Crippen LogP contribution in [0.15, 0.2) is 101 Å². The van der Waals surface area contributed by atoms with Gasteiger partial charge < -0.3 is 13.9 Å². The van der Waals surface area contributed by atoms with E-state index in [-0.39, 0.29) is 17.5 Å². The van der Waals surface area contributed by atoms with E-state index >= 15 is 0 Å². The first-order valence-electron chi connectivity index (χ1n) is 16.2. The number of para-hydroxylation sites is 2. The average Bonchev–Trinajstić information content (AvgIpc) is 3.53. The van der Waals surface area contributed by atoms with Crippen molar-refractivity contribution >= 4 is 73.1 Å². The van der Waals surface area contributed by atoms with Crippen molar-refractivity contribution in [1.29, 1.82) is 0 Å². The van der Waals surface area contributed by atoms with E-state index in [4.69, 9.17) is 4.42 Å². The molecule has 0 radical (unpaired) electrons. The van der Waals surface area contributed by atoms with Crippen LogP contribution in [-0.4, -0.2) is 11.3 Å². The van der Waals surface area contributed by atoms with Gasteiger partial charge in [-0.25, -0.2) is 0 Å². The van der Waals surface area contributed by atoms with Crippen LogP contribution in [0.1, 0.15) is 58.2 Å². The SMILES string of the molecule is Cc1cc2c3c(c1)-n1c4c(cccc4c4oc5ccccc5c41)B3c1ccc(C(C)(C)C)cc1N2c1cccc(C(C)(C)C)c1. The molecular weight excluding hydrogens is 547 g/mol. The van der Waals surface area contributed by atoms with E-state index in [1.807, 2.05) is 0 Å². The molecule has 3 nitrogen and oxygen atoms in total. The number of nitrogens with zero attached hydrogens (tertiary/aromatic N) is 2. The molecule has 2 aromatic heterocycles. The molecule has 0 bridgehead atoms. The van der Waals surface area contributed by atoms with Gasteiger partial charge in [-0.05, 0) is 99.4 Å². The van der Waals surface area contributed by atoms with Gasteiger partial charge in [0.25, 0.3) is 6.71 Å². The van der Waals surface area contributed by atoms with E-state index in [0.29, 0.717) is 0 Å². The van der Waals surface area contributed by atoms with Gasteiger partial charge in [0.05, 0.1) is 5.52 Å². The maximum absolute atomic E-state index is 6.62. The molecule has 4 heterocycles. The Kier molecular flexibility index (Phi) is 5.17. The fourth-order valence-corrected chi connectivity index (χ4v) is 7.89. The summed E-state index contributed by atoms with van der Waals surface area (Å²) in [7, 11) is 0. The summed E-state index contributed by atoms with van der Waals surface area (Å²) in [5.74, 6) is 0. The third-order valence-electron chi connectivity index (χ3n) is 10.1. The third kappa shape index (κ3) is 3.60. The Balaban J connectivity index is 1.45. The summed E-state index contributed by atoms with van der Waals surface area (Å²) in [6.07, 6.45) is 0. The molecule has 0 fully saturated rings. The highest BCUT2D eigenvalue weighted by atomic mass is 16.3. The quantitative estimate of drug-likeness (QED) is 0.180. The molecule has 220 valence electrons. The second-order valence-electron chi connectivity index (χ2n) is 15.2. The number of fused-ring (bicyclic) bond motifs is 9. The minimum absolute atomic E-state index is 0.0266. The van der Waals surface area contributed by atoms with Crippen LogP contribution in [0.3, 0.4) is 0 Å². The summed E-state index contributed by atoms with van der Waals surface area (Å²) in [5, 5.41) is 2.34. The van der Waals surface area contributed by atoms with E-state index in [9.17, 15) is 0 Å².